The van der Waals surface area contributed by atoms with Crippen molar-refractivity contribution in [2.45, 2.75) is 69.5 Å². The van der Waals surface area contributed by atoms with Gasteiger partial charge < -0.3 is 8.85 Å². The minimum absolute atomic E-state index is 0.121. The molecule has 9 heteroatoms. The van der Waals surface area contributed by atoms with Crippen molar-refractivity contribution in [3.05, 3.63) is 46.2 Å². The van der Waals surface area contributed by atoms with E-state index in [1.54, 1.807) is 11.4 Å². The molecule has 0 aliphatic heterocycles. The van der Waals surface area contributed by atoms with E-state index in [4.69, 9.17) is 14.0 Å². The first-order valence-electron chi connectivity index (χ1n) is 9.58. The Bertz CT molecular complexity index is 940. The van der Waals surface area contributed by atoms with Crippen LogP contribution in [-0.4, -0.2) is 25.1 Å². The first-order valence-corrected chi connectivity index (χ1v) is 18.3. The highest BCUT2D eigenvalue weighted by atomic mass is 32.2. The van der Waals surface area contributed by atoms with E-state index in [2.05, 4.69) is 53.5 Å². The predicted molar refractivity (Wildman–Crippen MR) is 126 cm³/mol. The van der Waals surface area contributed by atoms with Gasteiger partial charge in [-0.3, -0.25) is 0 Å². The number of thiophene rings is 1. The average molecular weight is 472 g/mol. The molecule has 0 saturated heterocycles. The lowest BCUT2D eigenvalue weighted by molar-refractivity contribution is 0.243. The van der Waals surface area contributed by atoms with Crippen LogP contribution >= 0.6 is 11.3 Å². The molecule has 0 bridgehead atoms. The summed E-state index contributed by atoms with van der Waals surface area (Å²) in [4.78, 5) is 0.953. The van der Waals surface area contributed by atoms with Gasteiger partial charge in [-0.2, -0.15) is 0 Å². The van der Waals surface area contributed by atoms with Crippen LogP contribution in [-0.2, 0) is 14.4 Å². The zero-order valence-corrected chi connectivity index (χ0v) is 22.2. The summed E-state index contributed by atoms with van der Waals surface area (Å²) in [6.07, 6.45) is -0.330. The van der Waals surface area contributed by atoms with E-state index in [-0.39, 0.29) is 16.0 Å². The van der Waals surface area contributed by atoms with Crippen molar-refractivity contribution in [3.63, 3.8) is 0 Å². The Morgan fingerprint density at radius 1 is 1.03 bits per heavy atom. The second-order valence-corrected chi connectivity index (χ2v) is 21.5. The van der Waals surface area contributed by atoms with Crippen molar-refractivity contribution in [2.24, 2.45) is 5.14 Å². The molecular weight excluding hydrogens is 439 g/mol. The smallest absolute Gasteiger partial charge is 0.250 e. The van der Waals surface area contributed by atoms with Crippen LogP contribution in [0.2, 0.25) is 37.8 Å². The Kier molecular flexibility index (Phi) is 6.93. The second-order valence-electron chi connectivity index (χ2n) is 9.77. The van der Waals surface area contributed by atoms with Gasteiger partial charge in [0.1, 0.15) is 11.9 Å². The quantitative estimate of drug-likeness (QED) is 0.524. The summed E-state index contributed by atoms with van der Waals surface area (Å²) in [6.45, 7) is 17.4. The molecule has 0 aliphatic rings. The van der Waals surface area contributed by atoms with Gasteiger partial charge in [0.15, 0.2) is 8.32 Å². The Morgan fingerprint density at radius 3 is 2.00 bits per heavy atom. The number of benzene rings is 1. The summed E-state index contributed by atoms with van der Waals surface area (Å²) >= 11 is 1.35. The van der Waals surface area contributed by atoms with Gasteiger partial charge in [-0.15, -0.1) is 11.3 Å². The fourth-order valence-corrected chi connectivity index (χ4v) is 6.38. The molecule has 2 N–H and O–H groups in total. The normalized spacial score (nSPS) is 14.7. The van der Waals surface area contributed by atoms with Crippen molar-refractivity contribution in [3.8, 4) is 5.75 Å². The second kappa shape index (κ2) is 8.28. The van der Waals surface area contributed by atoms with Crippen LogP contribution in [0.3, 0.4) is 0 Å². The van der Waals surface area contributed by atoms with Crippen LogP contribution in [0.4, 0.5) is 0 Å². The van der Waals surface area contributed by atoms with E-state index in [1.165, 1.54) is 11.3 Å². The highest BCUT2D eigenvalue weighted by molar-refractivity contribution is 7.89. The molecule has 1 aromatic carbocycles. The molecule has 0 fully saturated rings. The van der Waals surface area contributed by atoms with E-state index in [1.807, 2.05) is 24.3 Å². The van der Waals surface area contributed by atoms with E-state index in [0.717, 1.165) is 16.2 Å². The molecule has 1 atom stereocenters. The summed E-state index contributed by atoms with van der Waals surface area (Å²) in [5.41, 5.74) is 0.970. The van der Waals surface area contributed by atoms with Gasteiger partial charge >= 0.3 is 0 Å². The third kappa shape index (κ3) is 6.50. The molecule has 29 heavy (non-hydrogen) atoms. The fourth-order valence-electron chi connectivity index (χ4n) is 2.42. The number of hydrogen-bond acceptors (Lipinski definition) is 5. The van der Waals surface area contributed by atoms with Gasteiger partial charge in [-0.25, -0.2) is 13.6 Å². The predicted octanol–water partition coefficient (Wildman–Crippen LogP) is 5.72. The van der Waals surface area contributed by atoms with Gasteiger partial charge in [0.05, 0.1) is 4.90 Å². The molecule has 0 saturated carbocycles. The molecular formula is C20H33NO4S2Si2. The monoisotopic (exact) mass is 471 g/mol. The SMILES string of the molecule is CC(C)(C)[Si](C)(C)Oc1ccc(C(O[Si](C)(C)C)c2cc(S(N)(=O)=O)cs2)cc1. The van der Waals surface area contributed by atoms with Gasteiger partial charge in [0, 0.05) is 10.3 Å². The third-order valence-electron chi connectivity index (χ3n) is 5.02. The van der Waals surface area contributed by atoms with E-state index in [0.29, 0.717) is 0 Å². The van der Waals surface area contributed by atoms with Gasteiger partial charge in [0.25, 0.3) is 0 Å². The highest BCUT2D eigenvalue weighted by Crippen LogP contribution is 2.39. The summed E-state index contributed by atoms with van der Waals surface area (Å²) in [5.74, 6) is 0.850. The average Bonchev–Trinajstić information content (AvgIpc) is 3.01. The fraction of sp³-hybridized carbons (Fsp3) is 0.500. The zero-order chi connectivity index (χ0) is 22.3. The van der Waals surface area contributed by atoms with E-state index < -0.39 is 26.7 Å². The maximum Gasteiger partial charge on any atom is 0.250 e. The molecule has 162 valence electrons. The molecule has 0 aliphatic carbocycles. The standard InChI is InChI=1S/C20H33NO4S2Si2/c1-20(2,3)29(7,8)24-16-11-9-15(10-12-16)19(25-28(4,5)6)18-13-17(14-26-18)27(21,22)23/h9-14,19H,1-8H3,(H2,21,22,23). The van der Waals surface area contributed by atoms with Gasteiger partial charge in [-0.05, 0) is 61.5 Å². The van der Waals surface area contributed by atoms with Crippen molar-refractivity contribution in [2.75, 3.05) is 0 Å². The molecule has 1 unspecified atom stereocenters. The number of primary sulfonamides is 1. The lowest BCUT2D eigenvalue weighted by Gasteiger charge is -2.36. The number of sulfonamides is 1. The third-order valence-corrected chi connectivity index (χ3v) is 12.3. The molecule has 1 aromatic heterocycles. The first kappa shape index (κ1) is 24.3. The first-order chi connectivity index (χ1) is 13.0. The van der Waals surface area contributed by atoms with E-state index in [9.17, 15) is 8.42 Å². The number of rotatable bonds is 7. The Balaban J connectivity index is 2.36. The topological polar surface area (TPSA) is 78.6 Å². The Labute approximate surface area is 181 Å². The maximum absolute atomic E-state index is 11.7. The van der Waals surface area contributed by atoms with Crippen molar-refractivity contribution < 1.29 is 17.3 Å². The number of nitrogens with two attached hydrogens (primary N) is 1. The zero-order valence-electron chi connectivity index (χ0n) is 18.6. The molecule has 0 spiro atoms. The minimum Gasteiger partial charge on any atom is -0.544 e. The van der Waals surface area contributed by atoms with E-state index >= 15 is 0 Å². The summed E-state index contributed by atoms with van der Waals surface area (Å²) in [7, 11) is -7.54. The van der Waals surface area contributed by atoms with Crippen LogP contribution in [0.15, 0.2) is 40.6 Å². The lowest BCUT2D eigenvalue weighted by atomic mass is 10.1. The van der Waals surface area contributed by atoms with Crippen molar-refractivity contribution in [1.82, 2.24) is 0 Å². The lowest BCUT2D eigenvalue weighted by Crippen LogP contribution is -2.43. The molecule has 0 amide bonds. The van der Waals surface area contributed by atoms with Crippen LogP contribution in [0.5, 0.6) is 5.75 Å². The van der Waals surface area contributed by atoms with Crippen LogP contribution in [0, 0.1) is 0 Å². The largest absolute Gasteiger partial charge is 0.544 e. The van der Waals surface area contributed by atoms with Crippen LogP contribution in [0.25, 0.3) is 0 Å². The van der Waals surface area contributed by atoms with Crippen LogP contribution < -0.4 is 9.56 Å². The van der Waals surface area contributed by atoms with Gasteiger partial charge in [0.2, 0.25) is 18.3 Å². The molecule has 1 heterocycles. The molecule has 0 radical (unpaired) electrons. The van der Waals surface area contributed by atoms with Gasteiger partial charge in [-0.1, -0.05) is 32.9 Å². The summed E-state index contributed by atoms with van der Waals surface area (Å²) < 4.78 is 36.2. The van der Waals surface area contributed by atoms with Crippen LogP contribution in [0.1, 0.15) is 37.3 Å². The van der Waals surface area contributed by atoms with Crippen molar-refractivity contribution in [1.29, 1.82) is 0 Å². The maximum atomic E-state index is 11.7. The Morgan fingerprint density at radius 2 is 1.59 bits per heavy atom. The summed E-state index contributed by atoms with van der Waals surface area (Å²) in [6, 6.07) is 9.58. The highest BCUT2D eigenvalue weighted by Gasteiger charge is 2.39. The van der Waals surface area contributed by atoms with Crippen molar-refractivity contribution >= 4 is 38.0 Å². The molecule has 5 nitrogen and oxygen atoms in total. The minimum atomic E-state index is -3.73. The summed E-state index contributed by atoms with van der Waals surface area (Å²) in [5, 5.41) is 6.97. The Hall–Kier alpha value is -0.976. The molecule has 2 rings (SSSR count). The number of hydrogen-bond donors (Lipinski definition) is 1. The molecule has 2 aromatic rings.